The van der Waals surface area contributed by atoms with Crippen molar-refractivity contribution in [2.75, 3.05) is 5.32 Å². The molecule has 23 heavy (non-hydrogen) atoms. The number of benzene rings is 1. The predicted molar refractivity (Wildman–Crippen MR) is 89.6 cm³/mol. The van der Waals surface area contributed by atoms with Crippen molar-refractivity contribution in [1.29, 1.82) is 0 Å². The first-order valence-electron chi connectivity index (χ1n) is 7.75. The van der Waals surface area contributed by atoms with E-state index in [2.05, 4.69) is 26.8 Å². The largest absolute Gasteiger partial charge is 0.364 e. The molecule has 1 amide bonds. The lowest BCUT2D eigenvalue weighted by Gasteiger charge is -2.22. The minimum absolute atomic E-state index is 0.114. The van der Waals surface area contributed by atoms with E-state index in [0.717, 1.165) is 34.8 Å². The van der Waals surface area contributed by atoms with Gasteiger partial charge in [-0.2, -0.15) is 0 Å². The van der Waals surface area contributed by atoms with Crippen molar-refractivity contribution < 1.29 is 4.79 Å². The van der Waals surface area contributed by atoms with E-state index in [4.69, 9.17) is 0 Å². The Balaban J connectivity index is 1.71. The topological polar surface area (TPSA) is 62.7 Å². The van der Waals surface area contributed by atoms with Crippen molar-refractivity contribution in [2.45, 2.75) is 26.3 Å². The molecule has 0 radical (unpaired) electrons. The van der Waals surface area contributed by atoms with Crippen molar-refractivity contribution in [3.05, 3.63) is 59.7 Å². The van der Waals surface area contributed by atoms with E-state index in [1.54, 1.807) is 12.4 Å². The summed E-state index contributed by atoms with van der Waals surface area (Å²) in [7, 11) is 0. The van der Waals surface area contributed by atoms with Gasteiger partial charge in [-0.1, -0.05) is 12.1 Å². The van der Waals surface area contributed by atoms with Gasteiger partial charge >= 0.3 is 0 Å². The number of aromatic nitrogens is 3. The molecule has 3 heterocycles. The second kappa shape index (κ2) is 5.12. The number of carbonyl (C=O) groups excluding carboxylic acids is 1. The molecule has 0 bridgehead atoms. The SMILES string of the molecule is Cc1cccc(NC(=O)c2c[nH]c3c2-c2nccn2[C@H](C)C3)c1. The zero-order valence-corrected chi connectivity index (χ0v) is 13.1. The molecule has 0 saturated carbocycles. The summed E-state index contributed by atoms with van der Waals surface area (Å²) in [5, 5.41) is 2.97. The third kappa shape index (κ3) is 2.25. The number of amides is 1. The highest BCUT2D eigenvalue weighted by molar-refractivity contribution is 6.08. The molecule has 1 atom stereocenters. The van der Waals surface area contributed by atoms with Crippen LogP contribution in [0.2, 0.25) is 0 Å². The Bertz CT molecular complexity index is 890. The van der Waals surface area contributed by atoms with Crippen LogP contribution in [-0.4, -0.2) is 20.4 Å². The van der Waals surface area contributed by atoms with Gasteiger partial charge in [0, 0.05) is 42.4 Å². The first-order valence-corrected chi connectivity index (χ1v) is 7.75. The Hall–Kier alpha value is -2.82. The van der Waals surface area contributed by atoms with E-state index in [1.807, 2.05) is 37.4 Å². The molecular weight excluding hydrogens is 288 g/mol. The number of imidazole rings is 1. The second-order valence-corrected chi connectivity index (χ2v) is 6.09. The van der Waals surface area contributed by atoms with Crippen LogP contribution in [0.3, 0.4) is 0 Å². The average Bonchev–Trinajstić information content (AvgIpc) is 3.13. The van der Waals surface area contributed by atoms with Crippen LogP contribution in [0.15, 0.2) is 42.9 Å². The lowest BCUT2D eigenvalue weighted by Crippen LogP contribution is -2.18. The van der Waals surface area contributed by atoms with E-state index in [-0.39, 0.29) is 5.91 Å². The Morgan fingerprint density at radius 2 is 2.30 bits per heavy atom. The fourth-order valence-corrected chi connectivity index (χ4v) is 3.24. The van der Waals surface area contributed by atoms with Gasteiger partial charge in [0.25, 0.3) is 5.91 Å². The number of carbonyl (C=O) groups is 1. The van der Waals surface area contributed by atoms with Crippen LogP contribution in [0, 0.1) is 6.92 Å². The highest BCUT2D eigenvalue weighted by Crippen LogP contribution is 2.35. The maximum Gasteiger partial charge on any atom is 0.257 e. The normalized spacial score (nSPS) is 15.8. The third-order valence-corrected chi connectivity index (χ3v) is 4.35. The minimum atomic E-state index is -0.114. The van der Waals surface area contributed by atoms with E-state index >= 15 is 0 Å². The highest BCUT2D eigenvalue weighted by atomic mass is 16.1. The number of aryl methyl sites for hydroxylation is 1. The number of fused-ring (bicyclic) bond motifs is 3. The van der Waals surface area contributed by atoms with Crippen LogP contribution in [0.1, 0.15) is 34.6 Å². The fourth-order valence-electron chi connectivity index (χ4n) is 3.24. The number of anilines is 1. The molecule has 2 aromatic heterocycles. The van der Waals surface area contributed by atoms with E-state index in [1.165, 1.54) is 0 Å². The molecule has 0 spiro atoms. The van der Waals surface area contributed by atoms with E-state index in [0.29, 0.717) is 11.6 Å². The molecule has 4 rings (SSSR count). The van der Waals surface area contributed by atoms with Gasteiger partial charge in [0.05, 0.1) is 11.1 Å². The molecule has 2 N–H and O–H groups in total. The predicted octanol–water partition coefficient (Wildman–Crippen LogP) is 3.56. The molecule has 1 aliphatic rings. The maximum absolute atomic E-state index is 12.7. The summed E-state index contributed by atoms with van der Waals surface area (Å²) in [5.74, 6) is 0.742. The molecule has 116 valence electrons. The van der Waals surface area contributed by atoms with Crippen molar-refractivity contribution in [3.63, 3.8) is 0 Å². The van der Waals surface area contributed by atoms with Crippen LogP contribution in [0.5, 0.6) is 0 Å². The first kappa shape index (κ1) is 13.8. The van der Waals surface area contributed by atoms with Crippen molar-refractivity contribution in [3.8, 4) is 11.4 Å². The second-order valence-electron chi connectivity index (χ2n) is 6.09. The first-order chi connectivity index (χ1) is 11.1. The number of hydrogen-bond donors (Lipinski definition) is 2. The molecule has 5 nitrogen and oxygen atoms in total. The summed E-state index contributed by atoms with van der Waals surface area (Å²) in [6, 6.07) is 8.14. The fraction of sp³-hybridized carbons (Fsp3) is 0.222. The molecule has 3 aromatic rings. The molecule has 1 aliphatic heterocycles. The lowest BCUT2D eigenvalue weighted by molar-refractivity contribution is 0.102. The summed E-state index contributed by atoms with van der Waals surface area (Å²) in [5.41, 5.74) is 4.55. The van der Waals surface area contributed by atoms with Crippen LogP contribution in [0.4, 0.5) is 5.69 Å². The van der Waals surface area contributed by atoms with Crippen LogP contribution < -0.4 is 5.32 Å². The third-order valence-electron chi connectivity index (χ3n) is 4.35. The monoisotopic (exact) mass is 306 g/mol. The van der Waals surface area contributed by atoms with Gasteiger partial charge in [-0.3, -0.25) is 4.79 Å². The quantitative estimate of drug-likeness (QED) is 0.760. The lowest BCUT2D eigenvalue weighted by atomic mass is 10.0. The summed E-state index contributed by atoms with van der Waals surface area (Å²) in [4.78, 5) is 20.4. The van der Waals surface area contributed by atoms with E-state index < -0.39 is 0 Å². The Morgan fingerprint density at radius 3 is 3.13 bits per heavy atom. The molecule has 5 heteroatoms. The number of rotatable bonds is 2. The average molecular weight is 306 g/mol. The molecular formula is C18H18N4O. The highest BCUT2D eigenvalue weighted by Gasteiger charge is 2.28. The van der Waals surface area contributed by atoms with Gasteiger partial charge in [0.1, 0.15) is 5.82 Å². The molecule has 1 aromatic carbocycles. The van der Waals surface area contributed by atoms with Crippen LogP contribution in [-0.2, 0) is 6.42 Å². The molecule has 0 fully saturated rings. The number of nitrogens with zero attached hydrogens (tertiary/aromatic N) is 2. The number of H-pyrrole nitrogens is 1. The van der Waals surface area contributed by atoms with Crippen LogP contribution in [0.25, 0.3) is 11.4 Å². The van der Waals surface area contributed by atoms with Crippen molar-refractivity contribution in [1.82, 2.24) is 14.5 Å². The van der Waals surface area contributed by atoms with Gasteiger partial charge in [0.15, 0.2) is 0 Å². The molecule has 0 unspecified atom stereocenters. The van der Waals surface area contributed by atoms with Crippen molar-refractivity contribution in [2.24, 2.45) is 0 Å². The number of aromatic amines is 1. The Morgan fingerprint density at radius 1 is 1.43 bits per heavy atom. The molecule has 0 aliphatic carbocycles. The Labute approximate surface area is 134 Å². The zero-order valence-electron chi connectivity index (χ0n) is 13.1. The minimum Gasteiger partial charge on any atom is -0.364 e. The van der Waals surface area contributed by atoms with Gasteiger partial charge in [0.2, 0.25) is 0 Å². The van der Waals surface area contributed by atoms with Gasteiger partial charge in [-0.15, -0.1) is 0 Å². The number of nitrogens with one attached hydrogen (secondary N) is 2. The summed E-state index contributed by atoms with van der Waals surface area (Å²) in [6.45, 7) is 4.16. The standard InChI is InChI=1S/C18H18N4O/c1-11-4-3-5-13(8-11)21-18(23)14-10-20-15-9-12(2)22-7-6-19-17(22)16(14)15/h3-8,10,12,20H,9H2,1-2H3,(H,21,23)/t12-/m1/s1. The summed E-state index contributed by atoms with van der Waals surface area (Å²) >= 11 is 0. The Kier molecular flexibility index (Phi) is 3.08. The smallest absolute Gasteiger partial charge is 0.257 e. The van der Waals surface area contributed by atoms with Gasteiger partial charge in [-0.25, -0.2) is 4.98 Å². The van der Waals surface area contributed by atoms with Crippen LogP contribution >= 0.6 is 0 Å². The van der Waals surface area contributed by atoms with Gasteiger partial charge in [-0.05, 0) is 31.5 Å². The summed E-state index contributed by atoms with van der Waals surface area (Å²) < 4.78 is 2.12. The van der Waals surface area contributed by atoms with E-state index in [9.17, 15) is 4.79 Å². The maximum atomic E-state index is 12.7. The molecule has 0 saturated heterocycles. The number of hydrogen-bond acceptors (Lipinski definition) is 2. The summed E-state index contributed by atoms with van der Waals surface area (Å²) in [6.07, 6.45) is 6.41. The van der Waals surface area contributed by atoms with Crippen molar-refractivity contribution >= 4 is 11.6 Å². The van der Waals surface area contributed by atoms with Gasteiger partial charge < -0.3 is 14.9 Å². The zero-order chi connectivity index (χ0) is 16.0.